The molecule has 0 aliphatic heterocycles. The number of rotatable bonds is 5. The minimum Gasteiger partial charge on any atom is -0.507 e. The summed E-state index contributed by atoms with van der Waals surface area (Å²) < 4.78 is 0. The Bertz CT molecular complexity index is 596. The molecule has 0 radical (unpaired) electrons. The van der Waals surface area contributed by atoms with Crippen LogP contribution in [0.2, 0.25) is 0 Å². The van der Waals surface area contributed by atoms with E-state index >= 15 is 0 Å². The first-order chi connectivity index (χ1) is 10.9. The summed E-state index contributed by atoms with van der Waals surface area (Å²) in [4.78, 5) is 0. The van der Waals surface area contributed by atoms with Crippen LogP contribution in [0.4, 0.5) is 0 Å². The van der Waals surface area contributed by atoms with Gasteiger partial charge in [-0.05, 0) is 64.2 Å². The summed E-state index contributed by atoms with van der Waals surface area (Å²) in [5, 5.41) is 21.1. The number of aromatic hydroxyl groups is 2. The third-order valence-electron chi connectivity index (χ3n) is 4.83. The summed E-state index contributed by atoms with van der Waals surface area (Å²) >= 11 is 0. The van der Waals surface area contributed by atoms with Crippen LogP contribution in [0, 0.1) is 0 Å². The van der Waals surface area contributed by atoms with E-state index in [1.54, 1.807) is 0 Å². The van der Waals surface area contributed by atoms with Gasteiger partial charge in [-0.2, -0.15) is 0 Å². The molecule has 0 spiro atoms. The van der Waals surface area contributed by atoms with Gasteiger partial charge in [-0.3, -0.25) is 0 Å². The number of phenolic OH excluding ortho intramolecular Hbond substituents is 2. The normalized spacial score (nSPS) is 18.0. The number of unbranched alkanes of at least 4 members (excludes halogenated alkanes) is 2. The molecule has 1 unspecified atom stereocenters. The van der Waals surface area contributed by atoms with E-state index in [-0.39, 0.29) is 17.4 Å². The highest BCUT2D eigenvalue weighted by Crippen LogP contribution is 2.45. The largest absolute Gasteiger partial charge is 0.507 e. The van der Waals surface area contributed by atoms with Gasteiger partial charge >= 0.3 is 0 Å². The van der Waals surface area contributed by atoms with Crippen LogP contribution < -0.4 is 0 Å². The maximum atomic E-state index is 10.6. The summed E-state index contributed by atoms with van der Waals surface area (Å²) in [7, 11) is 0. The minimum atomic E-state index is -0.00144. The van der Waals surface area contributed by atoms with Crippen LogP contribution in [-0.2, 0) is 6.42 Å². The van der Waals surface area contributed by atoms with Crippen LogP contribution in [0.5, 0.6) is 11.5 Å². The number of phenols is 2. The second-order valence-corrected chi connectivity index (χ2v) is 7.02. The highest BCUT2D eigenvalue weighted by Gasteiger charge is 2.25. The van der Waals surface area contributed by atoms with Gasteiger partial charge in [0.05, 0.1) is 0 Å². The average Bonchev–Trinajstić information content (AvgIpc) is 2.46. The third kappa shape index (κ3) is 4.19. The molecule has 1 aliphatic carbocycles. The van der Waals surface area contributed by atoms with Crippen LogP contribution >= 0.6 is 0 Å². The molecule has 2 N–H and O–H groups in total. The van der Waals surface area contributed by atoms with Crippen molar-refractivity contribution in [2.45, 2.75) is 72.1 Å². The lowest BCUT2D eigenvalue weighted by molar-refractivity contribution is 0.434. The van der Waals surface area contributed by atoms with Crippen LogP contribution in [0.1, 0.15) is 76.8 Å². The maximum absolute atomic E-state index is 10.6. The monoisotopic (exact) mass is 314 g/mol. The lowest BCUT2D eigenvalue weighted by Gasteiger charge is -2.27. The molecule has 1 aromatic carbocycles. The number of benzene rings is 1. The van der Waals surface area contributed by atoms with Gasteiger partial charge in [-0.1, -0.05) is 42.6 Å². The molecular weight excluding hydrogens is 284 g/mol. The minimum absolute atomic E-state index is 0.00144. The van der Waals surface area contributed by atoms with Crippen LogP contribution in [0.15, 0.2) is 34.9 Å². The van der Waals surface area contributed by atoms with Crippen molar-refractivity contribution in [2.24, 2.45) is 0 Å². The maximum Gasteiger partial charge on any atom is 0.123 e. The topological polar surface area (TPSA) is 40.5 Å². The van der Waals surface area contributed by atoms with E-state index in [1.165, 1.54) is 29.6 Å². The Labute approximate surface area is 140 Å². The Morgan fingerprint density at radius 2 is 1.74 bits per heavy atom. The standard InChI is InChI=1S/C21H30O2/c1-5-6-7-8-16-12-19(22)21(20(23)13-16)18-11-15(4)9-10-17(18)14(2)3/h11-13,18,22-23H,5-10H2,1-4H3. The fraction of sp³-hybridized carbons (Fsp3) is 0.524. The van der Waals surface area contributed by atoms with Gasteiger partial charge in [0.2, 0.25) is 0 Å². The Balaban J connectivity index is 2.38. The molecule has 2 nitrogen and oxygen atoms in total. The first-order valence-electron chi connectivity index (χ1n) is 8.82. The van der Waals surface area contributed by atoms with Crippen LogP contribution in [0.25, 0.3) is 0 Å². The van der Waals surface area contributed by atoms with Gasteiger partial charge in [0, 0.05) is 11.5 Å². The molecular formula is C21H30O2. The zero-order chi connectivity index (χ0) is 17.0. The molecule has 0 bridgehead atoms. The van der Waals surface area contributed by atoms with E-state index in [9.17, 15) is 10.2 Å². The summed E-state index contributed by atoms with van der Waals surface area (Å²) in [6.07, 6.45) is 8.61. The predicted molar refractivity (Wildman–Crippen MR) is 97.1 cm³/mol. The van der Waals surface area contributed by atoms with E-state index in [2.05, 4.69) is 33.8 Å². The van der Waals surface area contributed by atoms with Crippen LogP contribution in [0.3, 0.4) is 0 Å². The van der Waals surface area contributed by atoms with E-state index < -0.39 is 0 Å². The van der Waals surface area contributed by atoms with Crippen molar-refractivity contribution in [3.63, 3.8) is 0 Å². The van der Waals surface area contributed by atoms with Crippen LogP contribution in [-0.4, -0.2) is 10.2 Å². The van der Waals surface area contributed by atoms with Crippen molar-refractivity contribution in [1.29, 1.82) is 0 Å². The fourth-order valence-corrected chi connectivity index (χ4v) is 3.50. The molecule has 0 amide bonds. The number of allylic oxidation sites excluding steroid dienone is 4. The van der Waals surface area contributed by atoms with Gasteiger partial charge in [0.15, 0.2) is 0 Å². The molecule has 0 saturated heterocycles. The van der Waals surface area contributed by atoms with Crippen molar-refractivity contribution in [2.75, 3.05) is 0 Å². The van der Waals surface area contributed by atoms with Gasteiger partial charge in [-0.15, -0.1) is 0 Å². The van der Waals surface area contributed by atoms with Crippen molar-refractivity contribution in [3.8, 4) is 11.5 Å². The van der Waals surface area contributed by atoms with Crippen molar-refractivity contribution in [1.82, 2.24) is 0 Å². The molecule has 1 atom stereocenters. The number of hydrogen-bond donors (Lipinski definition) is 2. The third-order valence-corrected chi connectivity index (χ3v) is 4.83. The Kier molecular flexibility index (Phi) is 5.92. The molecule has 0 aromatic heterocycles. The highest BCUT2D eigenvalue weighted by atomic mass is 16.3. The SMILES string of the molecule is CCCCCc1cc(O)c(C2C=C(C)CCC2=C(C)C)c(O)c1. The second kappa shape index (κ2) is 7.72. The van der Waals surface area contributed by atoms with E-state index in [0.29, 0.717) is 5.56 Å². The second-order valence-electron chi connectivity index (χ2n) is 7.02. The first kappa shape index (κ1) is 17.7. The van der Waals surface area contributed by atoms with Gasteiger partial charge in [0.25, 0.3) is 0 Å². The van der Waals surface area contributed by atoms with E-state index in [4.69, 9.17) is 0 Å². The molecule has 1 aliphatic rings. The smallest absolute Gasteiger partial charge is 0.123 e. The molecule has 0 fully saturated rings. The molecule has 126 valence electrons. The van der Waals surface area contributed by atoms with Crippen molar-refractivity contribution in [3.05, 3.63) is 46.1 Å². The lowest BCUT2D eigenvalue weighted by atomic mass is 9.79. The fourth-order valence-electron chi connectivity index (χ4n) is 3.50. The van der Waals surface area contributed by atoms with Crippen molar-refractivity contribution < 1.29 is 10.2 Å². The average molecular weight is 314 g/mol. The van der Waals surface area contributed by atoms with Gasteiger partial charge < -0.3 is 10.2 Å². The summed E-state index contributed by atoms with van der Waals surface area (Å²) in [6.45, 7) is 8.53. The van der Waals surface area contributed by atoms with Gasteiger partial charge in [-0.25, -0.2) is 0 Å². The molecule has 2 rings (SSSR count). The molecule has 2 heteroatoms. The number of aryl methyl sites for hydroxylation is 1. The molecule has 0 saturated carbocycles. The summed E-state index contributed by atoms with van der Waals surface area (Å²) in [6, 6.07) is 3.68. The zero-order valence-electron chi connectivity index (χ0n) is 14.9. The van der Waals surface area contributed by atoms with Gasteiger partial charge in [0.1, 0.15) is 11.5 Å². The molecule has 1 aromatic rings. The lowest BCUT2D eigenvalue weighted by Crippen LogP contribution is -2.08. The molecule has 23 heavy (non-hydrogen) atoms. The first-order valence-corrected chi connectivity index (χ1v) is 8.82. The van der Waals surface area contributed by atoms with E-state index in [1.807, 2.05) is 12.1 Å². The van der Waals surface area contributed by atoms with Crippen molar-refractivity contribution >= 4 is 0 Å². The van der Waals surface area contributed by atoms with E-state index in [0.717, 1.165) is 31.2 Å². The quantitative estimate of drug-likeness (QED) is 0.517. The highest BCUT2D eigenvalue weighted by molar-refractivity contribution is 5.54. The Morgan fingerprint density at radius 3 is 2.30 bits per heavy atom. The molecule has 0 heterocycles. The Hall–Kier alpha value is -1.70. The summed E-state index contributed by atoms with van der Waals surface area (Å²) in [5.41, 5.74) is 5.61. The zero-order valence-corrected chi connectivity index (χ0v) is 14.9. The summed E-state index contributed by atoms with van der Waals surface area (Å²) in [5.74, 6) is 0.454. The Morgan fingerprint density at radius 1 is 1.09 bits per heavy atom. The predicted octanol–water partition coefficient (Wildman–Crippen LogP) is 5.99. The number of hydrogen-bond acceptors (Lipinski definition) is 2.